The van der Waals surface area contributed by atoms with Crippen LogP contribution in [0.2, 0.25) is 26.2 Å². The van der Waals surface area contributed by atoms with Crippen LogP contribution in [0.15, 0.2) is 48.7 Å². The van der Waals surface area contributed by atoms with Crippen molar-refractivity contribution in [1.29, 1.82) is 0 Å². The maximum atomic E-state index is 2.61. The Morgan fingerprint density at radius 1 is 0.792 bits per heavy atom. The zero-order valence-electron chi connectivity index (χ0n) is 15.0. The van der Waals surface area contributed by atoms with Crippen LogP contribution in [0.3, 0.4) is 0 Å². The molecule has 1 aliphatic rings. The smallest absolute Gasteiger partial charge is 0.232 e. The Labute approximate surface area is 144 Å². The lowest BCUT2D eigenvalue weighted by molar-refractivity contribution is -0.643. The number of hydrogen-bond acceptors (Lipinski definition) is 0. The predicted octanol–water partition coefficient (Wildman–Crippen LogP) is 2.99. The van der Waals surface area contributed by atoms with Gasteiger partial charge in [0.1, 0.15) is 24.6 Å². The third kappa shape index (κ3) is 1.41. The van der Waals surface area contributed by atoms with Crippen LogP contribution in [-0.2, 0) is 7.05 Å². The lowest BCUT2D eigenvalue weighted by Gasteiger charge is -2.39. The van der Waals surface area contributed by atoms with Crippen molar-refractivity contribution in [1.82, 2.24) is 4.40 Å². The SMILES string of the molecule is C[n+]1cc2n3c4c(cccc4c4ccccc4c31)[Si](C)(C)[Si]2(C)C. The molecule has 0 spiro atoms. The summed E-state index contributed by atoms with van der Waals surface area (Å²) in [5.74, 6) is 0. The average Bonchev–Trinajstić information content (AvgIpc) is 2.92. The molecule has 0 N–H and O–H groups in total. The number of rotatable bonds is 0. The molecule has 0 aliphatic carbocycles. The molecule has 2 aromatic carbocycles. The van der Waals surface area contributed by atoms with Crippen LogP contribution in [0, 0.1) is 0 Å². The minimum atomic E-state index is -1.53. The monoisotopic (exact) mass is 347 g/mol. The summed E-state index contributed by atoms with van der Waals surface area (Å²) in [5, 5.41) is 7.41. The molecule has 0 unspecified atom stereocenters. The Hall–Kier alpha value is -1.92. The van der Waals surface area contributed by atoms with Crippen LogP contribution in [0.4, 0.5) is 0 Å². The van der Waals surface area contributed by atoms with Gasteiger partial charge in [-0.25, -0.2) is 4.57 Å². The van der Waals surface area contributed by atoms with Crippen molar-refractivity contribution in [2.24, 2.45) is 7.05 Å². The van der Waals surface area contributed by atoms with E-state index in [2.05, 4.69) is 90.9 Å². The van der Waals surface area contributed by atoms with Gasteiger partial charge < -0.3 is 0 Å². The minimum absolute atomic E-state index is 1.35. The molecule has 5 rings (SSSR count). The second-order valence-electron chi connectivity index (χ2n) is 8.28. The largest absolute Gasteiger partial charge is 0.294 e. The van der Waals surface area contributed by atoms with Gasteiger partial charge in [-0.15, -0.1) is 0 Å². The zero-order chi connectivity index (χ0) is 16.9. The van der Waals surface area contributed by atoms with Gasteiger partial charge in [0.2, 0.25) is 0 Å². The van der Waals surface area contributed by atoms with Crippen molar-refractivity contribution in [3.8, 4) is 0 Å². The van der Waals surface area contributed by atoms with Gasteiger partial charge in [0.25, 0.3) is 5.65 Å². The van der Waals surface area contributed by atoms with E-state index in [1.165, 1.54) is 27.3 Å². The number of pyridine rings is 1. The first-order chi connectivity index (χ1) is 11.4. The lowest BCUT2D eigenvalue weighted by Crippen LogP contribution is -2.72. The van der Waals surface area contributed by atoms with Crippen LogP contribution < -0.4 is 15.1 Å². The maximum Gasteiger partial charge on any atom is 0.294 e. The molecule has 1 aliphatic heterocycles. The Balaban J connectivity index is 2.24. The van der Waals surface area contributed by atoms with Gasteiger partial charge in [-0.1, -0.05) is 62.6 Å². The van der Waals surface area contributed by atoms with Gasteiger partial charge in [0.05, 0.1) is 20.0 Å². The highest BCUT2D eigenvalue weighted by Gasteiger charge is 2.53. The summed E-state index contributed by atoms with van der Waals surface area (Å²) in [6, 6.07) is 15.9. The van der Waals surface area contributed by atoms with E-state index in [1.807, 2.05) is 0 Å². The molecule has 120 valence electrons. The molecule has 4 heteroatoms. The van der Waals surface area contributed by atoms with E-state index < -0.39 is 15.2 Å². The van der Waals surface area contributed by atoms with E-state index in [-0.39, 0.29) is 0 Å². The van der Waals surface area contributed by atoms with Crippen molar-refractivity contribution in [2.75, 3.05) is 0 Å². The summed E-state index contributed by atoms with van der Waals surface area (Å²) in [6.07, 6.45) is 2.43. The molecule has 0 saturated heterocycles. The quantitative estimate of drug-likeness (QED) is 0.263. The van der Waals surface area contributed by atoms with Crippen molar-refractivity contribution in [3.05, 3.63) is 48.7 Å². The van der Waals surface area contributed by atoms with E-state index in [9.17, 15) is 0 Å². The highest BCUT2D eigenvalue weighted by Crippen LogP contribution is 2.33. The first-order valence-electron chi connectivity index (χ1n) is 8.71. The predicted molar refractivity (Wildman–Crippen MR) is 108 cm³/mol. The molecule has 4 aromatic rings. The number of aromatic nitrogens is 2. The van der Waals surface area contributed by atoms with E-state index >= 15 is 0 Å². The summed E-state index contributed by atoms with van der Waals surface area (Å²) >= 11 is 0. The number of imidazole rings is 1. The first kappa shape index (κ1) is 14.4. The van der Waals surface area contributed by atoms with Gasteiger partial charge in [0.15, 0.2) is 0 Å². The Kier molecular flexibility index (Phi) is 2.52. The summed E-state index contributed by atoms with van der Waals surface area (Å²) in [4.78, 5) is 0. The number of nitrogens with zero attached hydrogens (tertiary/aromatic N) is 2. The first-order valence-corrected chi connectivity index (χ1v) is 15.7. The van der Waals surface area contributed by atoms with E-state index in [0.29, 0.717) is 0 Å². The van der Waals surface area contributed by atoms with Gasteiger partial charge in [-0.2, -0.15) is 4.40 Å². The highest BCUT2D eigenvalue weighted by atomic mass is 29.3. The number of hydrogen-bond donors (Lipinski definition) is 0. The second-order valence-corrected chi connectivity index (χ2v) is 23.3. The molecule has 2 nitrogen and oxygen atoms in total. The fraction of sp³-hybridized carbons (Fsp3) is 0.250. The second kappa shape index (κ2) is 4.18. The topological polar surface area (TPSA) is 8.29 Å². The van der Waals surface area contributed by atoms with Crippen LogP contribution in [0.5, 0.6) is 0 Å². The van der Waals surface area contributed by atoms with Crippen LogP contribution in [0.25, 0.3) is 27.3 Å². The Morgan fingerprint density at radius 3 is 2.21 bits per heavy atom. The number of benzene rings is 2. The summed E-state index contributed by atoms with van der Waals surface area (Å²) in [5.41, 5.74) is 2.83. The van der Waals surface area contributed by atoms with Crippen molar-refractivity contribution >= 4 is 53.0 Å². The van der Waals surface area contributed by atoms with Gasteiger partial charge in [-0.3, -0.25) is 0 Å². The lowest BCUT2D eigenvalue weighted by atomic mass is 10.1. The fourth-order valence-corrected chi connectivity index (χ4v) is 13.7. The Bertz CT molecular complexity index is 1170. The molecule has 0 amide bonds. The van der Waals surface area contributed by atoms with Crippen molar-refractivity contribution < 1.29 is 4.57 Å². The number of fused-ring (bicyclic) bond motifs is 3. The van der Waals surface area contributed by atoms with Gasteiger partial charge in [0, 0.05) is 10.8 Å². The van der Waals surface area contributed by atoms with Crippen molar-refractivity contribution in [3.63, 3.8) is 0 Å². The third-order valence-electron chi connectivity index (χ3n) is 6.70. The maximum absolute atomic E-state index is 2.61. The molecular formula is C20H23N2Si2+. The van der Waals surface area contributed by atoms with Crippen LogP contribution in [0.1, 0.15) is 0 Å². The van der Waals surface area contributed by atoms with E-state index in [1.54, 1.807) is 10.5 Å². The number of para-hydroxylation sites is 1. The molecule has 0 bridgehead atoms. The molecule has 0 fully saturated rings. The third-order valence-corrected chi connectivity index (χ3v) is 24.2. The van der Waals surface area contributed by atoms with Crippen LogP contribution in [-0.4, -0.2) is 19.6 Å². The zero-order valence-corrected chi connectivity index (χ0v) is 17.0. The molecule has 24 heavy (non-hydrogen) atoms. The minimum Gasteiger partial charge on any atom is -0.232 e. The molecule has 0 radical (unpaired) electrons. The van der Waals surface area contributed by atoms with E-state index in [0.717, 1.165) is 0 Å². The van der Waals surface area contributed by atoms with Gasteiger partial charge >= 0.3 is 0 Å². The average molecular weight is 348 g/mol. The molecule has 0 saturated carbocycles. The molecule has 2 aromatic heterocycles. The molecular weight excluding hydrogens is 324 g/mol. The van der Waals surface area contributed by atoms with E-state index in [4.69, 9.17) is 0 Å². The summed E-state index contributed by atoms with van der Waals surface area (Å²) in [7, 11) is -0.831. The standard InChI is InChI=1S/C20H23N2Si2/c1-21-13-18-22-19-15(14-9-6-7-10-16(14)20(21)22)11-8-12-17(19)23(2,3)24(18,4)5/h6-13H,1-5H3/q+1. The fourth-order valence-electron chi connectivity index (χ4n) is 4.63. The van der Waals surface area contributed by atoms with Crippen LogP contribution >= 0.6 is 0 Å². The molecule has 3 heterocycles. The Morgan fingerprint density at radius 2 is 1.46 bits per heavy atom. The normalized spacial score (nSPS) is 18.0. The number of aryl methyl sites for hydroxylation is 1. The summed E-state index contributed by atoms with van der Waals surface area (Å²) in [6.45, 7) is 10.3. The molecule has 0 atom stereocenters. The highest BCUT2D eigenvalue weighted by molar-refractivity contribution is 7.50. The van der Waals surface area contributed by atoms with Gasteiger partial charge in [-0.05, 0) is 11.3 Å². The van der Waals surface area contributed by atoms with Crippen molar-refractivity contribution in [2.45, 2.75) is 26.2 Å². The summed E-state index contributed by atoms with van der Waals surface area (Å²) < 4.78 is 4.97.